The van der Waals surface area contributed by atoms with Gasteiger partial charge in [0.1, 0.15) is 22.5 Å². The van der Waals surface area contributed by atoms with Crippen LogP contribution in [0.25, 0.3) is 0 Å². The number of nitrogens with zero attached hydrogens (tertiary/aromatic N) is 1. The van der Waals surface area contributed by atoms with E-state index in [9.17, 15) is 4.79 Å². The Morgan fingerprint density at radius 3 is 2.55 bits per heavy atom. The minimum absolute atomic E-state index is 0.237. The first kappa shape index (κ1) is 17.0. The Hall–Kier alpha value is -1.35. The fraction of sp³-hybridized carbons (Fsp3) is 0.200. The Kier molecular flexibility index (Phi) is 6.01. The van der Waals surface area contributed by atoms with Crippen molar-refractivity contribution in [3.8, 4) is 11.6 Å². The Morgan fingerprint density at radius 2 is 1.95 bits per heavy atom. The van der Waals surface area contributed by atoms with E-state index in [1.54, 1.807) is 13.2 Å². The second-order valence-corrected chi connectivity index (χ2v) is 6.21. The van der Waals surface area contributed by atoms with Crippen LogP contribution >= 0.6 is 38.5 Å². The number of benzene rings is 1. The fourth-order valence-electron chi connectivity index (χ4n) is 1.73. The Morgan fingerprint density at radius 1 is 1.27 bits per heavy atom. The van der Waals surface area contributed by atoms with E-state index in [2.05, 4.69) is 20.9 Å². The number of rotatable bonds is 5. The Bertz CT molecular complexity index is 676. The minimum Gasteiger partial charge on any atom is -0.497 e. The fourth-order valence-corrected chi connectivity index (χ4v) is 3.29. The Labute approximate surface area is 150 Å². The number of methoxy groups -OCH3 is 2. The summed E-state index contributed by atoms with van der Waals surface area (Å²) >= 11 is 5.35. The maximum absolute atomic E-state index is 11.9. The van der Waals surface area contributed by atoms with Gasteiger partial charge in [-0.05, 0) is 62.3 Å². The normalized spacial score (nSPS) is 10.2. The third kappa shape index (κ3) is 4.10. The summed E-state index contributed by atoms with van der Waals surface area (Å²) in [6.45, 7) is 0.285. The zero-order chi connectivity index (χ0) is 16.1. The molecule has 0 bridgehead atoms. The topological polar surface area (TPSA) is 57.7 Å². The van der Waals surface area contributed by atoms with Gasteiger partial charge in [0, 0.05) is 3.57 Å². The van der Waals surface area contributed by atoms with Gasteiger partial charge in [-0.15, -0.1) is 0 Å². The number of pyridine rings is 1. The van der Waals surface area contributed by atoms with Crippen molar-refractivity contribution in [3.05, 3.63) is 49.6 Å². The molecule has 0 N–H and O–H groups in total. The van der Waals surface area contributed by atoms with E-state index in [-0.39, 0.29) is 12.5 Å². The highest BCUT2D eigenvalue weighted by molar-refractivity contribution is 14.1. The van der Waals surface area contributed by atoms with Crippen LogP contribution in [0, 0.1) is 3.57 Å². The minimum atomic E-state index is -0.478. The molecule has 2 aromatic rings. The zero-order valence-electron chi connectivity index (χ0n) is 11.9. The number of esters is 1. The second kappa shape index (κ2) is 7.77. The lowest BCUT2D eigenvalue weighted by Crippen LogP contribution is -2.10. The maximum Gasteiger partial charge on any atom is 0.344 e. The Balaban J connectivity index is 2.22. The molecule has 7 heteroatoms. The molecule has 0 spiro atoms. The van der Waals surface area contributed by atoms with Crippen molar-refractivity contribution in [2.24, 2.45) is 0 Å². The van der Waals surface area contributed by atoms with Crippen molar-refractivity contribution >= 4 is 44.5 Å². The van der Waals surface area contributed by atoms with E-state index in [4.69, 9.17) is 14.2 Å². The van der Waals surface area contributed by atoms with Gasteiger partial charge in [-0.3, -0.25) is 0 Å². The summed E-state index contributed by atoms with van der Waals surface area (Å²) in [4.78, 5) is 16.1. The van der Waals surface area contributed by atoms with Gasteiger partial charge < -0.3 is 14.2 Å². The molecule has 0 saturated heterocycles. The van der Waals surface area contributed by atoms with Gasteiger partial charge >= 0.3 is 5.97 Å². The summed E-state index contributed by atoms with van der Waals surface area (Å²) in [7, 11) is 2.94. The highest BCUT2D eigenvalue weighted by Crippen LogP contribution is 2.27. The lowest BCUT2D eigenvalue weighted by molar-refractivity contribution is 0.0593. The van der Waals surface area contributed by atoms with E-state index in [0.29, 0.717) is 13.7 Å². The van der Waals surface area contributed by atoms with Crippen LogP contribution in [-0.4, -0.2) is 25.2 Å². The molecule has 2 rings (SSSR count). The summed E-state index contributed by atoms with van der Waals surface area (Å²) in [5, 5.41) is 0. The van der Waals surface area contributed by atoms with Gasteiger partial charge in [0.15, 0.2) is 0 Å². The van der Waals surface area contributed by atoms with Crippen molar-refractivity contribution in [1.82, 2.24) is 4.98 Å². The molecule has 1 heterocycles. The molecule has 1 aromatic heterocycles. The van der Waals surface area contributed by atoms with Crippen molar-refractivity contribution in [2.45, 2.75) is 6.61 Å². The van der Waals surface area contributed by atoms with Crippen molar-refractivity contribution < 1.29 is 19.0 Å². The van der Waals surface area contributed by atoms with E-state index >= 15 is 0 Å². The molecule has 0 amide bonds. The average molecular weight is 478 g/mol. The number of carbonyl (C=O) groups is 1. The van der Waals surface area contributed by atoms with Crippen LogP contribution in [0.15, 0.2) is 34.9 Å². The quantitative estimate of drug-likeness (QED) is 0.372. The van der Waals surface area contributed by atoms with E-state index in [1.165, 1.54) is 7.11 Å². The smallest absolute Gasteiger partial charge is 0.344 e. The molecule has 0 atom stereocenters. The SMILES string of the molecule is COC(=O)c1c(I)cc(Br)nc1OCc1ccc(OC)cc1. The van der Waals surface area contributed by atoms with E-state index in [1.807, 2.05) is 46.9 Å². The first-order chi connectivity index (χ1) is 10.5. The molecule has 0 aliphatic heterocycles. The number of hydrogen-bond donors (Lipinski definition) is 0. The third-order valence-electron chi connectivity index (χ3n) is 2.83. The molecule has 0 fully saturated rings. The van der Waals surface area contributed by atoms with Gasteiger partial charge in [-0.25, -0.2) is 9.78 Å². The summed E-state index contributed by atoms with van der Waals surface area (Å²) < 4.78 is 16.9. The summed E-state index contributed by atoms with van der Waals surface area (Å²) in [6, 6.07) is 9.20. The van der Waals surface area contributed by atoms with Gasteiger partial charge in [-0.2, -0.15) is 0 Å². The average Bonchev–Trinajstić information content (AvgIpc) is 2.52. The van der Waals surface area contributed by atoms with E-state index in [0.717, 1.165) is 11.3 Å². The molecule has 116 valence electrons. The van der Waals surface area contributed by atoms with Crippen LogP contribution in [0.1, 0.15) is 15.9 Å². The summed E-state index contributed by atoms with van der Waals surface area (Å²) in [6.07, 6.45) is 0. The van der Waals surface area contributed by atoms with Gasteiger partial charge in [0.25, 0.3) is 0 Å². The summed E-state index contributed by atoms with van der Waals surface area (Å²) in [5.74, 6) is 0.532. The second-order valence-electron chi connectivity index (χ2n) is 4.24. The predicted octanol–water partition coefficient (Wildman–Crippen LogP) is 3.82. The number of hydrogen-bond acceptors (Lipinski definition) is 5. The van der Waals surface area contributed by atoms with Crippen molar-refractivity contribution in [1.29, 1.82) is 0 Å². The molecule has 0 radical (unpaired) electrons. The number of halogens is 2. The van der Waals surface area contributed by atoms with Crippen LogP contribution in [0.5, 0.6) is 11.6 Å². The molecular weight excluding hydrogens is 465 g/mol. The molecule has 5 nitrogen and oxygen atoms in total. The molecular formula is C15H13BrINO4. The highest BCUT2D eigenvalue weighted by Gasteiger charge is 2.20. The predicted molar refractivity (Wildman–Crippen MR) is 93.3 cm³/mol. The molecule has 0 unspecified atom stereocenters. The lowest BCUT2D eigenvalue weighted by Gasteiger charge is -2.11. The van der Waals surface area contributed by atoms with E-state index < -0.39 is 5.97 Å². The monoisotopic (exact) mass is 477 g/mol. The molecule has 1 aromatic carbocycles. The van der Waals surface area contributed by atoms with Crippen LogP contribution < -0.4 is 9.47 Å². The maximum atomic E-state index is 11.9. The van der Waals surface area contributed by atoms with Gasteiger partial charge in [0.2, 0.25) is 5.88 Å². The van der Waals surface area contributed by atoms with Gasteiger partial charge in [0.05, 0.1) is 14.2 Å². The van der Waals surface area contributed by atoms with Crippen molar-refractivity contribution in [3.63, 3.8) is 0 Å². The van der Waals surface area contributed by atoms with Crippen molar-refractivity contribution in [2.75, 3.05) is 14.2 Å². The molecule has 0 aliphatic carbocycles. The van der Waals surface area contributed by atoms with Gasteiger partial charge in [-0.1, -0.05) is 12.1 Å². The molecule has 0 saturated carbocycles. The zero-order valence-corrected chi connectivity index (χ0v) is 15.7. The molecule has 0 aliphatic rings. The van der Waals surface area contributed by atoms with Crippen LogP contribution in [0.2, 0.25) is 0 Å². The largest absolute Gasteiger partial charge is 0.497 e. The lowest BCUT2D eigenvalue weighted by atomic mass is 10.2. The first-order valence-corrected chi connectivity index (χ1v) is 8.12. The third-order valence-corrected chi connectivity index (χ3v) is 4.09. The number of ether oxygens (including phenoxy) is 3. The van der Waals surface area contributed by atoms with Crippen LogP contribution in [0.3, 0.4) is 0 Å². The number of aromatic nitrogens is 1. The first-order valence-electron chi connectivity index (χ1n) is 6.25. The number of carbonyl (C=O) groups excluding carboxylic acids is 1. The van der Waals surface area contributed by atoms with Crippen LogP contribution in [0.4, 0.5) is 0 Å². The molecule has 22 heavy (non-hydrogen) atoms. The van der Waals surface area contributed by atoms with Crippen LogP contribution in [-0.2, 0) is 11.3 Å². The standard InChI is InChI=1S/C15H13BrINO4/c1-20-10-5-3-9(4-6-10)8-22-14-13(15(19)21-2)11(17)7-12(16)18-14/h3-7H,8H2,1-2H3. The highest BCUT2D eigenvalue weighted by atomic mass is 127. The summed E-state index contributed by atoms with van der Waals surface area (Å²) in [5.41, 5.74) is 1.26.